The number of hydrogen-bond acceptors (Lipinski definition) is 2. The molecular formula is C64H47BN4. The number of aromatic nitrogens is 2. The molecule has 0 radical (unpaired) electrons. The SMILES string of the molecule is CCc1ccc2c(c1)c1c(n2C)B2c3c(cccc3N(c3cccc4c5ccccc5c5ccccc5c34)c3c2n(C)c2ccc(CC)cc32)N1c1ccc2c3ccccc3c3ccccc3c2c1. The van der Waals surface area contributed by atoms with Crippen LogP contribution in [0.2, 0.25) is 0 Å². The lowest BCUT2D eigenvalue weighted by molar-refractivity contribution is 0.981. The average molecular weight is 883 g/mol. The fraction of sp³-hybridized carbons (Fsp3) is 0.0938. The zero-order chi connectivity index (χ0) is 45.8. The number of aryl methyl sites for hydroxylation is 4. The Morgan fingerprint density at radius 3 is 1.28 bits per heavy atom. The lowest BCUT2D eigenvalue weighted by atomic mass is 9.36. The molecule has 326 valence electrons. The quantitative estimate of drug-likeness (QED) is 0.129. The molecule has 0 N–H and O–H groups in total. The lowest BCUT2D eigenvalue weighted by Gasteiger charge is -2.43. The van der Waals surface area contributed by atoms with Gasteiger partial charge in [-0.1, -0.05) is 147 Å². The van der Waals surface area contributed by atoms with E-state index >= 15 is 0 Å². The van der Waals surface area contributed by atoms with Gasteiger partial charge in [-0.2, -0.15) is 0 Å². The molecule has 4 heterocycles. The van der Waals surface area contributed by atoms with Crippen LogP contribution in [0, 0.1) is 0 Å². The lowest BCUT2D eigenvalue weighted by Crippen LogP contribution is -2.64. The molecule has 2 aliphatic rings. The number of rotatable bonds is 4. The minimum absolute atomic E-state index is 0.0589. The zero-order valence-corrected chi connectivity index (χ0v) is 39.2. The maximum absolute atomic E-state index is 2.66. The van der Waals surface area contributed by atoms with Gasteiger partial charge in [-0.3, -0.25) is 0 Å². The van der Waals surface area contributed by atoms with Crippen LogP contribution in [0.3, 0.4) is 0 Å². The Kier molecular flexibility index (Phi) is 7.95. The monoisotopic (exact) mass is 882 g/mol. The molecule has 0 aliphatic carbocycles. The maximum Gasteiger partial charge on any atom is 0.292 e. The summed E-state index contributed by atoms with van der Waals surface area (Å²) in [6.07, 6.45) is 1.93. The van der Waals surface area contributed by atoms with Crippen molar-refractivity contribution in [3.63, 3.8) is 0 Å². The Balaban J connectivity index is 1.11. The number of anilines is 6. The molecule has 2 aromatic heterocycles. The van der Waals surface area contributed by atoms with Crippen molar-refractivity contribution in [2.45, 2.75) is 26.7 Å². The molecule has 0 saturated heterocycles. The summed E-state index contributed by atoms with van der Waals surface area (Å²) in [6, 6.07) is 71.6. The third-order valence-electron chi connectivity index (χ3n) is 16.2. The first kappa shape index (κ1) is 38.8. The van der Waals surface area contributed by atoms with Gasteiger partial charge in [-0.15, -0.1) is 0 Å². The molecule has 0 saturated carbocycles. The second-order valence-electron chi connectivity index (χ2n) is 19.4. The van der Waals surface area contributed by atoms with Crippen LogP contribution in [0.15, 0.2) is 188 Å². The van der Waals surface area contributed by atoms with Gasteiger partial charge in [0, 0.05) is 69.5 Å². The fourth-order valence-electron chi connectivity index (χ4n) is 13.1. The molecule has 0 amide bonds. The summed E-state index contributed by atoms with van der Waals surface area (Å²) in [5, 5.41) is 17.9. The summed E-state index contributed by atoms with van der Waals surface area (Å²) in [6.45, 7) is 4.49. The molecule has 0 fully saturated rings. The van der Waals surface area contributed by atoms with E-state index in [9.17, 15) is 0 Å². The molecular weight excluding hydrogens is 836 g/mol. The molecule has 11 aromatic carbocycles. The fourth-order valence-corrected chi connectivity index (χ4v) is 13.1. The van der Waals surface area contributed by atoms with Crippen molar-refractivity contribution in [3.8, 4) is 0 Å². The van der Waals surface area contributed by atoms with Crippen LogP contribution >= 0.6 is 0 Å². The molecule has 0 bridgehead atoms. The summed E-state index contributed by atoms with van der Waals surface area (Å²) in [4.78, 5) is 5.29. The van der Waals surface area contributed by atoms with Gasteiger partial charge in [0.2, 0.25) is 0 Å². The summed E-state index contributed by atoms with van der Waals surface area (Å²) in [5.41, 5.74) is 16.5. The van der Waals surface area contributed by atoms with Gasteiger partial charge in [0.05, 0.1) is 17.1 Å². The second-order valence-corrected chi connectivity index (χ2v) is 19.4. The third kappa shape index (κ3) is 5.04. The zero-order valence-electron chi connectivity index (χ0n) is 39.2. The van der Waals surface area contributed by atoms with E-state index in [4.69, 9.17) is 0 Å². The summed E-state index contributed by atoms with van der Waals surface area (Å²) < 4.78 is 5.06. The van der Waals surface area contributed by atoms with Crippen molar-refractivity contribution >= 4 is 144 Å². The minimum Gasteiger partial charge on any atom is -0.353 e. The standard InChI is InChI=1S/C64H47BN4/c1-5-38-29-33-54-52(35-38)61-63(66(54)3)65-60-57(68(61)40-31-32-48-43-19-8-7-17-41(43)42-18-10-12-23-47(42)51(48)37-40)27-16-28-58(60)69(62-53-36-39(6-2)30-34-55(53)67(4)64(62)65)56-26-15-25-50-46-21-11-9-20-44(46)45-22-13-14-24-49(45)59(50)56/h7-37H,5-6H2,1-4H3. The molecule has 15 rings (SSSR count). The van der Waals surface area contributed by atoms with Crippen LogP contribution in [-0.2, 0) is 26.9 Å². The van der Waals surface area contributed by atoms with Crippen molar-refractivity contribution in [2.75, 3.05) is 9.80 Å². The van der Waals surface area contributed by atoms with Crippen LogP contribution in [0.4, 0.5) is 34.1 Å². The molecule has 4 nitrogen and oxygen atoms in total. The van der Waals surface area contributed by atoms with Crippen LogP contribution in [0.25, 0.3) is 86.4 Å². The van der Waals surface area contributed by atoms with Crippen LogP contribution in [0.5, 0.6) is 0 Å². The summed E-state index contributed by atoms with van der Waals surface area (Å²) >= 11 is 0. The molecule has 0 spiro atoms. The smallest absolute Gasteiger partial charge is 0.292 e. The van der Waals surface area contributed by atoms with E-state index in [1.807, 2.05) is 0 Å². The van der Waals surface area contributed by atoms with Gasteiger partial charge in [0.15, 0.2) is 0 Å². The van der Waals surface area contributed by atoms with E-state index in [0.29, 0.717) is 0 Å². The average Bonchev–Trinajstić information content (AvgIpc) is 3.87. The number of benzene rings is 11. The second kappa shape index (κ2) is 14.1. The molecule has 0 atom stereocenters. The molecule has 69 heavy (non-hydrogen) atoms. The highest BCUT2D eigenvalue weighted by molar-refractivity contribution is 7.00. The van der Waals surface area contributed by atoms with Gasteiger partial charge >= 0.3 is 0 Å². The topological polar surface area (TPSA) is 16.3 Å². The first-order chi connectivity index (χ1) is 34.0. The maximum atomic E-state index is 2.66. The van der Waals surface area contributed by atoms with Crippen molar-refractivity contribution in [1.29, 1.82) is 0 Å². The van der Waals surface area contributed by atoms with E-state index < -0.39 is 0 Å². The number of fused-ring (bicyclic) bond motifs is 20. The largest absolute Gasteiger partial charge is 0.353 e. The Hall–Kier alpha value is -8.28. The van der Waals surface area contributed by atoms with Gasteiger partial charge in [0.1, 0.15) is 0 Å². The van der Waals surface area contributed by atoms with E-state index in [2.05, 4.69) is 235 Å². The summed E-state index contributed by atoms with van der Waals surface area (Å²) in [5.74, 6) is 0. The van der Waals surface area contributed by atoms with Crippen molar-refractivity contribution in [1.82, 2.24) is 9.13 Å². The van der Waals surface area contributed by atoms with Crippen molar-refractivity contribution in [2.24, 2.45) is 14.1 Å². The Morgan fingerprint density at radius 2 is 0.754 bits per heavy atom. The van der Waals surface area contributed by atoms with Crippen molar-refractivity contribution < 1.29 is 0 Å². The van der Waals surface area contributed by atoms with Gasteiger partial charge in [-0.25, -0.2) is 0 Å². The Labute approximate surface area is 400 Å². The predicted molar refractivity (Wildman–Crippen MR) is 297 cm³/mol. The highest BCUT2D eigenvalue weighted by Crippen LogP contribution is 2.52. The molecule has 2 aliphatic heterocycles. The molecule has 5 heteroatoms. The molecule has 0 unspecified atom stereocenters. The number of nitrogens with zero attached hydrogens (tertiary/aromatic N) is 4. The molecule has 13 aromatic rings. The first-order valence-electron chi connectivity index (χ1n) is 24.6. The normalized spacial score (nSPS) is 13.2. The highest BCUT2D eigenvalue weighted by atomic mass is 15.2. The Morgan fingerprint density at radius 1 is 0.348 bits per heavy atom. The van der Waals surface area contributed by atoms with E-state index in [0.717, 1.165) is 18.5 Å². The van der Waals surface area contributed by atoms with Crippen LogP contribution < -0.4 is 26.4 Å². The predicted octanol–water partition coefficient (Wildman–Crippen LogP) is 14.8. The highest BCUT2D eigenvalue weighted by Gasteiger charge is 2.48. The van der Waals surface area contributed by atoms with Crippen LogP contribution in [-0.4, -0.2) is 15.8 Å². The van der Waals surface area contributed by atoms with E-state index in [1.165, 1.54) is 143 Å². The van der Waals surface area contributed by atoms with Gasteiger partial charge in [0.25, 0.3) is 6.71 Å². The van der Waals surface area contributed by atoms with Crippen molar-refractivity contribution in [3.05, 3.63) is 199 Å². The third-order valence-corrected chi connectivity index (χ3v) is 16.2. The van der Waals surface area contributed by atoms with E-state index in [1.54, 1.807) is 0 Å². The minimum atomic E-state index is -0.0589. The summed E-state index contributed by atoms with van der Waals surface area (Å²) in [7, 11) is 4.62. The van der Waals surface area contributed by atoms with Crippen LogP contribution in [0.1, 0.15) is 25.0 Å². The number of hydrogen-bond donors (Lipinski definition) is 0. The first-order valence-corrected chi connectivity index (χ1v) is 24.6. The Bertz CT molecular complexity index is 4320. The van der Waals surface area contributed by atoms with Gasteiger partial charge in [-0.05, 0) is 143 Å². The van der Waals surface area contributed by atoms with E-state index in [-0.39, 0.29) is 6.71 Å². The van der Waals surface area contributed by atoms with Gasteiger partial charge < -0.3 is 18.9 Å².